The molecule has 4 nitrogen and oxygen atoms in total. The summed E-state index contributed by atoms with van der Waals surface area (Å²) in [6, 6.07) is 12.5. The van der Waals surface area contributed by atoms with E-state index in [0.717, 1.165) is 11.1 Å². The molecular formula is C18H16O4. The third-order valence-corrected chi connectivity index (χ3v) is 3.55. The van der Waals surface area contributed by atoms with E-state index >= 15 is 0 Å². The fourth-order valence-corrected chi connectivity index (χ4v) is 2.40. The molecule has 3 aromatic rings. The van der Waals surface area contributed by atoms with Gasteiger partial charge in [0.25, 0.3) is 0 Å². The van der Waals surface area contributed by atoms with Gasteiger partial charge in [0.15, 0.2) is 16.9 Å². The van der Waals surface area contributed by atoms with Crippen LogP contribution in [0.1, 0.15) is 5.56 Å². The van der Waals surface area contributed by atoms with Crippen LogP contribution < -0.4 is 14.9 Å². The third-order valence-electron chi connectivity index (χ3n) is 3.55. The molecule has 0 unspecified atom stereocenters. The summed E-state index contributed by atoms with van der Waals surface area (Å²) in [5.41, 5.74) is 2.30. The largest absolute Gasteiger partial charge is 0.493 e. The Morgan fingerprint density at radius 3 is 2.41 bits per heavy atom. The highest BCUT2D eigenvalue weighted by Crippen LogP contribution is 2.32. The van der Waals surface area contributed by atoms with Gasteiger partial charge in [-0.1, -0.05) is 11.6 Å². The van der Waals surface area contributed by atoms with Crippen LogP contribution in [0.3, 0.4) is 0 Å². The topological polar surface area (TPSA) is 48.7 Å². The molecule has 1 aromatic heterocycles. The van der Waals surface area contributed by atoms with E-state index in [2.05, 4.69) is 0 Å². The SMILES string of the molecule is COc1ccc(-c2cc(=O)c3cc(C)ccc3o2)cc1OC. The number of rotatable bonds is 3. The minimum absolute atomic E-state index is 0.0604. The molecule has 2 aromatic carbocycles. The Hall–Kier alpha value is -2.75. The maximum atomic E-state index is 12.3. The summed E-state index contributed by atoms with van der Waals surface area (Å²) in [4.78, 5) is 12.3. The maximum Gasteiger partial charge on any atom is 0.193 e. The van der Waals surface area contributed by atoms with Gasteiger partial charge in [-0.05, 0) is 37.3 Å². The highest BCUT2D eigenvalue weighted by atomic mass is 16.5. The Morgan fingerprint density at radius 2 is 1.68 bits per heavy atom. The first-order valence-corrected chi connectivity index (χ1v) is 6.89. The maximum absolute atomic E-state index is 12.3. The zero-order chi connectivity index (χ0) is 15.7. The minimum Gasteiger partial charge on any atom is -0.493 e. The molecule has 0 aliphatic heterocycles. The lowest BCUT2D eigenvalue weighted by Crippen LogP contribution is -2.00. The monoisotopic (exact) mass is 296 g/mol. The van der Waals surface area contributed by atoms with Crippen molar-refractivity contribution >= 4 is 11.0 Å². The second-order valence-corrected chi connectivity index (χ2v) is 5.04. The molecule has 0 N–H and O–H groups in total. The lowest BCUT2D eigenvalue weighted by atomic mass is 10.1. The van der Waals surface area contributed by atoms with E-state index in [1.54, 1.807) is 26.4 Å². The van der Waals surface area contributed by atoms with E-state index in [1.165, 1.54) is 6.07 Å². The standard InChI is InChI=1S/C18H16O4/c1-11-4-6-15-13(8-11)14(19)10-17(22-15)12-5-7-16(20-2)18(9-12)21-3/h4-10H,1-3H3. The lowest BCUT2D eigenvalue weighted by molar-refractivity contribution is 0.355. The number of aryl methyl sites for hydroxylation is 1. The van der Waals surface area contributed by atoms with Crippen molar-refractivity contribution in [2.45, 2.75) is 6.92 Å². The number of hydrogen-bond donors (Lipinski definition) is 0. The second-order valence-electron chi connectivity index (χ2n) is 5.04. The van der Waals surface area contributed by atoms with Crippen LogP contribution in [0.5, 0.6) is 11.5 Å². The quantitative estimate of drug-likeness (QED) is 0.738. The summed E-state index contributed by atoms with van der Waals surface area (Å²) >= 11 is 0. The summed E-state index contributed by atoms with van der Waals surface area (Å²) in [5, 5.41) is 0.587. The number of benzene rings is 2. The molecule has 0 fully saturated rings. The molecule has 0 amide bonds. The lowest BCUT2D eigenvalue weighted by Gasteiger charge is -2.09. The molecule has 4 heteroatoms. The number of hydrogen-bond acceptors (Lipinski definition) is 4. The first-order valence-electron chi connectivity index (χ1n) is 6.89. The molecule has 22 heavy (non-hydrogen) atoms. The van der Waals surface area contributed by atoms with E-state index in [1.807, 2.05) is 31.2 Å². The van der Waals surface area contributed by atoms with E-state index < -0.39 is 0 Å². The van der Waals surface area contributed by atoms with Gasteiger partial charge in [-0.2, -0.15) is 0 Å². The molecule has 3 rings (SSSR count). The van der Waals surface area contributed by atoms with Gasteiger partial charge in [-0.15, -0.1) is 0 Å². The Morgan fingerprint density at radius 1 is 0.909 bits per heavy atom. The third kappa shape index (κ3) is 2.44. The van der Waals surface area contributed by atoms with Crippen LogP contribution in [0.15, 0.2) is 51.7 Å². The zero-order valence-corrected chi connectivity index (χ0v) is 12.7. The van der Waals surface area contributed by atoms with Crippen LogP contribution in [0.4, 0.5) is 0 Å². The normalized spacial score (nSPS) is 10.7. The number of ether oxygens (including phenoxy) is 2. The number of fused-ring (bicyclic) bond motifs is 1. The van der Waals surface area contributed by atoms with E-state index in [4.69, 9.17) is 13.9 Å². The molecular weight excluding hydrogens is 280 g/mol. The van der Waals surface area contributed by atoms with Crippen molar-refractivity contribution in [1.29, 1.82) is 0 Å². The fraction of sp³-hybridized carbons (Fsp3) is 0.167. The van der Waals surface area contributed by atoms with Crippen molar-refractivity contribution in [2.24, 2.45) is 0 Å². The van der Waals surface area contributed by atoms with Crippen LogP contribution in [0, 0.1) is 6.92 Å². The molecule has 1 heterocycles. The highest BCUT2D eigenvalue weighted by Gasteiger charge is 2.10. The van der Waals surface area contributed by atoms with Gasteiger partial charge in [-0.25, -0.2) is 0 Å². The molecule has 0 radical (unpaired) electrons. The Labute approximate surface area is 127 Å². The molecule has 0 spiro atoms. The van der Waals surface area contributed by atoms with Crippen LogP contribution >= 0.6 is 0 Å². The van der Waals surface area contributed by atoms with Gasteiger partial charge in [-0.3, -0.25) is 4.79 Å². The summed E-state index contributed by atoms with van der Waals surface area (Å²) in [6.07, 6.45) is 0. The molecule has 0 bridgehead atoms. The van der Waals surface area contributed by atoms with Crippen molar-refractivity contribution in [1.82, 2.24) is 0 Å². The number of methoxy groups -OCH3 is 2. The zero-order valence-electron chi connectivity index (χ0n) is 12.7. The van der Waals surface area contributed by atoms with Crippen molar-refractivity contribution in [3.63, 3.8) is 0 Å². The van der Waals surface area contributed by atoms with Gasteiger partial charge in [0.2, 0.25) is 0 Å². The van der Waals surface area contributed by atoms with Crippen LogP contribution in [0.2, 0.25) is 0 Å². The van der Waals surface area contributed by atoms with Gasteiger partial charge in [0.1, 0.15) is 11.3 Å². The highest BCUT2D eigenvalue weighted by molar-refractivity contribution is 5.79. The van der Waals surface area contributed by atoms with Gasteiger partial charge < -0.3 is 13.9 Å². The molecule has 0 aliphatic carbocycles. The Kier molecular flexibility index (Phi) is 3.59. The average molecular weight is 296 g/mol. The smallest absolute Gasteiger partial charge is 0.193 e. The van der Waals surface area contributed by atoms with Crippen molar-refractivity contribution in [3.05, 3.63) is 58.3 Å². The molecule has 112 valence electrons. The second kappa shape index (κ2) is 5.56. The van der Waals surface area contributed by atoms with Crippen LogP contribution in [-0.2, 0) is 0 Å². The summed E-state index contributed by atoms with van der Waals surface area (Å²) < 4.78 is 16.4. The predicted octanol–water partition coefficient (Wildman–Crippen LogP) is 3.79. The molecule has 0 aliphatic rings. The summed E-state index contributed by atoms with van der Waals surface area (Å²) in [5.74, 6) is 1.72. The predicted molar refractivity (Wildman–Crippen MR) is 85.8 cm³/mol. The molecule has 0 saturated heterocycles. The van der Waals surface area contributed by atoms with Gasteiger partial charge in [0, 0.05) is 11.6 Å². The molecule has 0 saturated carbocycles. The average Bonchev–Trinajstić information content (AvgIpc) is 2.54. The van der Waals surface area contributed by atoms with Crippen molar-refractivity contribution < 1.29 is 13.9 Å². The summed E-state index contributed by atoms with van der Waals surface area (Å²) in [6.45, 7) is 1.95. The van der Waals surface area contributed by atoms with Crippen LogP contribution in [-0.4, -0.2) is 14.2 Å². The van der Waals surface area contributed by atoms with E-state index in [0.29, 0.717) is 28.2 Å². The Bertz CT molecular complexity index is 893. The van der Waals surface area contributed by atoms with Crippen LogP contribution in [0.25, 0.3) is 22.3 Å². The van der Waals surface area contributed by atoms with Gasteiger partial charge >= 0.3 is 0 Å². The fourth-order valence-electron chi connectivity index (χ4n) is 2.40. The van der Waals surface area contributed by atoms with E-state index in [-0.39, 0.29) is 5.43 Å². The first kappa shape index (κ1) is 14.2. The summed E-state index contributed by atoms with van der Waals surface area (Å²) in [7, 11) is 3.15. The Balaban J connectivity index is 2.18. The van der Waals surface area contributed by atoms with Gasteiger partial charge in [0.05, 0.1) is 19.6 Å². The molecule has 0 atom stereocenters. The van der Waals surface area contributed by atoms with E-state index in [9.17, 15) is 4.79 Å². The first-order chi connectivity index (χ1) is 10.6. The van der Waals surface area contributed by atoms with Crippen molar-refractivity contribution in [2.75, 3.05) is 14.2 Å². The minimum atomic E-state index is -0.0604. The van der Waals surface area contributed by atoms with Crippen molar-refractivity contribution in [3.8, 4) is 22.8 Å².